The van der Waals surface area contributed by atoms with Crippen LogP contribution < -0.4 is 0 Å². The number of hydrogen-bond acceptors (Lipinski definition) is 3. The molecule has 0 N–H and O–H groups in total. The molecular weight excluding hydrogens is 206 g/mol. The third kappa shape index (κ3) is 2.15. The number of fused-ring (bicyclic) bond motifs is 1. The van der Waals surface area contributed by atoms with Gasteiger partial charge in [-0.25, -0.2) is 4.79 Å². The summed E-state index contributed by atoms with van der Waals surface area (Å²) in [6, 6.07) is 0.476. The van der Waals surface area contributed by atoms with Gasteiger partial charge in [0.2, 0.25) is 0 Å². The van der Waals surface area contributed by atoms with Gasteiger partial charge in [0.1, 0.15) is 0 Å². The Morgan fingerprint density at radius 1 is 1.38 bits per heavy atom. The number of likely N-dealkylation sites (tertiary alicyclic amines) is 1. The molecule has 0 aromatic rings. The normalized spacial score (nSPS) is 31.1. The number of carbonyl (C=O) groups is 1. The number of piperidine rings is 1. The second-order valence-corrected chi connectivity index (χ2v) is 4.87. The maximum absolute atomic E-state index is 11.9. The van der Waals surface area contributed by atoms with E-state index in [-0.39, 0.29) is 6.03 Å². The number of likely N-dealkylation sites (N-methyl/N-ethyl adjacent to an activating group) is 1. The fraction of sp³-hybridized carbons (Fsp3) is 0.909. The first-order valence-corrected chi connectivity index (χ1v) is 5.87. The van der Waals surface area contributed by atoms with E-state index in [1.165, 1.54) is 0 Å². The van der Waals surface area contributed by atoms with Crippen LogP contribution in [0.25, 0.3) is 0 Å². The molecule has 2 heterocycles. The van der Waals surface area contributed by atoms with Gasteiger partial charge in [-0.1, -0.05) is 0 Å². The third-order valence-electron chi connectivity index (χ3n) is 3.52. The van der Waals surface area contributed by atoms with E-state index in [4.69, 9.17) is 4.74 Å². The molecular formula is C11H21N3O2. The monoisotopic (exact) mass is 227 g/mol. The number of carbonyl (C=O) groups excluding carboxylic acids is 1. The van der Waals surface area contributed by atoms with Crippen LogP contribution in [0.2, 0.25) is 0 Å². The number of nitrogens with zero attached hydrogens (tertiary/aromatic N) is 3. The van der Waals surface area contributed by atoms with E-state index >= 15 is 0 Å². The van der Waals surface area contributed by atoms with Gasteiger partial charge in [0.25, 0.3) is 0 Å². The summed E-state index contributed by atoms with van der Waals surface area (Å²) in [5.41, 5.74) is 0. The first kappa shape index (κ1) is 11.7. The quantitative estimate of drug-likeness (QED) is 0.588. The summed E-state index contributed by atoms with van der Waals surface area (Å²) in [6.45, 7) is 3.38. The van der Waals surface area contributed by atoms with Gasteiger partial charge in [-0.15, -0.1) is 0 Å². The summed E-state index contributed by atoms with van der Waals surface area (Å²) >= 11 is 0. The Hall–Kier alpha value is -0.810. The fourth-order valence-corrected chi connectivity index (χ4v) is 2.50. The van der Waals surface area contributed by atoms with Crippen molar-refractivity contribution in [2.45, 2.75) is 18.6 Å². The van der Waals surface area contributed by atoms with E-state index in [2.05, 4.69) is 11.9 Å². The topological polar surface area (TPSA) is 36.0 Å². The van der Waals surface area contributed by atoms with E-state index in [0.717, 1.165) is 32.7 Å². The Morgan fingerprint density at radius 3 is 2.81 bits per heavy atom. The maximum atomic E-state index is 11.9. The zero-order valence-electron chi connectivity index (χ0n) is 10.3. The minimum atomic E-state index is 0.109. The number of hydrogen-bond donors (Lipinski definition) is 0. The summed E-state index contributed by atoms with van der Waals surface area (Å²) in [4.78, 5) is 17.7. The maximum Gasteiger partial charge on any atom is 0.319 e. The third-order valence-corrected chi connectivity index (χ3v) is 3.52. The molecule has 16 heavy (non-hydrogen) atoms. The van der Waals surface area contributed by atoms with Crippen molar-refractivity contribution in [2.75, 3.05) is 47.4 Å². The molecule has 0 aromatic carbocycles. The lowest BCUT2D eigenvalue weighted by Gasteiger charge is -2.46. The molecule has 2 rings (SSSR count). The molecule has 0 saturated carbocycles. The van der Waals surface area contributed by atoms with Gasteiger partial charge in [0.15, 0.2) is 0 Å². The Kier molecular flexibility index (Phi) is 3.35. The Balaban J connectivity index is 1.99. The van der Waals surface area contributed by atoms with Crippen LogP contribution in [0.5, 0.6) is 0 Å². The van der Waals surface area contributed by atoms with Crippen molar-refractivity contribution in [3.05, 3.63) is 0 Å². The first-order valence-electron chi connectivity index (χ1n) is 5.87. The highest BCUT2D eigenvalue weighted by Gasteiger charge is 2.37. The molecule has 2 aliphatic rings. The largest absolute Gasteiger partial charge is 0.375 e. The second kappa shape index (κ2) is 4.59. The standard InChI is InChI=1S/C11H21N3O2/c1-12(2)11(15)14-5-4-10-9(8-14)13(3)6-7-16-10/h9-10H,4-8H2,1-3H3. The summed E-state index contributed by atoms with van der Waals surface area (Å²) in [6.07, 6.45) is 1.26. The van der Waals surface area contributed by atoms with E-state index < -0.39 is 0 Å². The molecule has 5 nitrogen and oxygen atoms in total. The molecule has 2 aliphatic heterocycles. The number of rotatable bonds is 0. The van der Waals surface area contributed by atoms with Crippen LogP contribution in [0.4, 0.5) is 4.79 Å². The van der Waals surface area contributed by atoms with Crippen LogP contribution in [-0.4, -0.2) is 80.3 Å². The van der Waals surface area contributed by atoms with Gasteiger partial charge in [0.05, 0.1) is 18.8 Å². The van der Waals surface area contributed by atoms with Gasteiger partial charge in [-0.3, -0.25) is 4.90 Å². The molecule has 0 aromatic heterocycles. The molecule has 2 saturated heterocycles. The molecule has 2 fully saturated rings. The van der Waals surface area contributed by atoms with Crippen molar-refractivity contribution >= 4 is 6.03 Å². The zero-order valence-corrected chi connectivity index (χ0v) is 10.3. The molecule has 2 unspecified atom stereocenters. The highest BCUT2D eigenvalue weighted by Crippen LogP contribution is 2.22. The number of ether oxygens (including phenoxy) is 1. The summed E-state index contributed by atoms with van der Waals surface area (Å²) in [5.74, 6) is 0. The minimum absolute atomic E-state index is 0.109. The molecule has 0 spiro atoms. The minimum Gasteiger partial charge on any atom is -0.375 e. The van der Waals surface area contributed by atoms with Crippen molar-refractivity contribution in [3.63, 3.8) is 0 Å². The van der Waals surface area contributed by atoms with Crippen LogP contribution in [-0.2, 0) is 4.74 Å². The van der Waals surface area contributed by atoms with Crippen molar-refractivity contribution < 1.29 is 9.53 Å². The van der Waals surface area contributed by atoms with Gasteiger partial charge in [-0.2, -0.15) is 0 Å². The van der Waals surface area contributed by atoms with E-state index in [1.807, 2.05) is 4.90 Å². The van der Waals surface area contributed by atoms with Crippen LogP contribution >= 0.6 is 0 Å². The molecule has 2 amide bonds. The summed E-state index contributed by atoms with van der Waals surface area (Å²) in [7, 11) is 5.72. The van der Waals surface area contributed by atoms with Crippen LogP contribution in [0.1, 0.15) is 6.42 Å². The van der Waals surface area contributed by atoms with Crippen molar-refractivity contribution in [3.8, 4) is 0 Å². The van der Waals surface area contributed by atoms with Crippen molar-refractivity contribution in [1.29, 1.82) is 0 Å². The smallest absolute Gasteiger partial charge is 0.319 e. The predicted octanol–water partition coefficient (Wildman–Crippen LogP) is 0.0729. The molecule has 5 heteroatoms. The summed E-state index contributed by atoms with van der Waals surface area (Å²) < 4.78 is 5.75. The average molecular weight is 227 g/mol. The van der Waals surface area contributed by atoms with Crippen LogP contribution in [0.15, 0.2) is 0 Å². The fourth-order valence-electron chi connectivity index (χ4n) is 2.50. The first-order chi connectivity index (χ1) is 7.59. The van der Waals surface area contributed by atoms with Gasteiger partial charge >= 0.3 is 6.03 Å². The second-order valence-electron chi connectivity index (χ2n) is 4.87. The predicted molar refractivity (Wildman–Crippen MR) is 61.4 cm³/mol. The Morgan fingerprint density at radius 2 is 2.12 bits per heavy atom. The molecule has 2 atom stereocenters. The van der Waals surface area contributed by atoms with E-state index in [9.17, 15) is 4.79 Å². The number of amides is 2. The molecule has 92 valence electrons. The summed E-state index contributed by atoms with van der Waals surface area (Å²) in [5, 5.41) is 0. The van der Waals surface area contributed by atoms with E-state index in [1.54, 1.807) is 19.0 Å². The van der Waals surface area contributed by atoms with Crippen molar-refractivity contribution in [1.82, 2.24) is 14.7 Å². The SMILES string of the molecule is CN(C)C(=O)N1CCC2OCCN(C)C2C1. The van der Waals surface area contributed by atoms with Crippen molar-refractivity contribution in [2.24, 2.45) is 0 Å². The zero-order chi connectivity index (χ0) is 11.7. The van der Waals surface area contributed by atoms with Gasteiger partial charge in [0, 0.05) is 33.7 Å². The lowest BCUT2D eigenvalue weighted by Crippen LogP contribution is -2.60. The number of urea groups is 1. The number of morpholine rings is 1. The van der Waals surface area contributed by atoms with Crippen LogP contribution in [0, 0.1) is 0 Å². The Labute approximate surface area is 96.9 Å². The lowest BCUT2D eigenvalue weighted by atomic mass is 9.99. The molecule has 0 bridgehead atoms. The van der Waals surface area contributed by atoms with Gasteiger partial charge in [-0.05, 0) is 13.5 Å². The lowest BCUT2D eigenvalue weighted by molar-refractivity contribution is -0.0891. The van der Waals surface area contributed by atoms with E-state index in [0.29, 0.717) is 12.1 Å². The highest BCUT2D eigenvalue weighted by molar-refractivity contribution is 5.74. The van der Waals surface area contributed by atoms with Crippen LogP contribution in [0.3, 0.4) is 0 Å². The Bertz CT molecular complexity index is 270. The van der Waals surface area contributed by atoms with Gasteiger partial charge < -0.3 is 14.5 Å². The molecule has 0 aliphatic carbocycles. The molecule has 0 radical (unpaired) electrons. The average Bonchev–Trinajstić information content (AvgIpc) is 2.28. The highest BCUT2D eigenvalue weighted by atomic mass is 16.5.